The molecule has 1 aliphatic carbocycles. The molecule has 2 fully saturated rings. The van der Waals surface area contributed by atoms with Gasteiger partial charge in [-0.05, 0) is 43.7 Å². The molecule has 1 atom stereocenters. The van der Waals surface area contributed by atoms with Gasteiger partial charge in [-0.2, -0.15) is 0 Å². The first-order valence-electron chi connectivity index (χ1n) is 7.06. The van der Waals surface area contributed by atoms with Gasteiger partial charge in [-0.1, -0.05) is 24.4 Å². The summed E-state index contributed by atoms with van der Waals surface area (Å²) in [7, 11) is 0. The zero-order chi connectivity index (χ0) is 13.2. The summed E-state index contributed by atoms with van der Waals surface area (Å²) in [5.41, 5.74) is 0.411. The summed E-state index contributed by atoms with van der Waals surface area (Å²) < 4.78 is 0. The number of hydrogen-bond acceptors (Lipinski definition) is 3. The zero-order valence-electron chi connectivity index (χ0n) is 10.9. The maximum absolute atomic E-state index is 12.5. The van der Waals surface area contributed by atoms with Crippen molar-refractivity contribution < 1.29 is 4.79 Å². The molecule has 0 aromatic carbocycles. The second-order valence-corrected chi connectivity index (χ2v) is 5.88. The number of likely N-dealkylation sites (tertiary alicyclic amines) is 1. The lowest BCUT2D eigenvalue weighted by Crippen LogP contribution is -2.39. The standard InChI is InChI=1S/C14H18ClN3O/c15-13-8-7-11(16-17-13)14(19)18-9-3-6-12(18)10-4-1-2-5-10/h7-8,10,12H,1-6,9H2. The summed E-state index contributed by atoms with van der Waals surface area (Å²) >= 11 is 5.71. The summed E-state index contributed by atoms with van der Waals surface area (Å²) in [6.45, 7) is 0.851. The van der Waals surface area contributed by atoms with Crippen molar-refractivity contribution in [3.8, 4) is 0 Å². The normalized spacial score (nSPS) is 24.1. The van der Waals surface area contributed by atoms with E-state index in [9.17, 15) is 4.79 Å². The van der Waals surface area contributed by atoms with Crippen LogP contribution in [0.25, 0.3) is 0 Å². The Morgan fingerprint density at radius 2 is 1.95 bits per heavy atom. The van der Waals surface area contributed by atoms with Gasteiger partial charge in [-0.3, -0.25) is 4.79 Å². The van der Waals surface area contributed by atoms with E-state index in [-0.39, 0.29) is 5.91 Å². The Kier molecular flexibility index (Phi) is 3.69. The highest BCUT2D eigenvalue weighted by atomic mass is 35.5. The molecular formula is C14H18ClN3O. The molecule has 4 nitrogen and oxygen atoms in total. The SMILES string of the molecule is O=C(c1ccc(Cl)nn1)N1CCCC1C1CCCC1. The average molecular weight is 280 g/mol. The van der Waals surface area contributed by atoms with Gasteiger partial charge in [0.15, 0.2) is 10.8 Å². The second-order valence-electron chi connectivity index (χ2n) is 5.49. The second kappa shape index (κ2) is 5.45. The summed E-state index contributed by atoms with van der Waals surface area (Å²) in [5, 5.41) is 8.00. The number of nitrogens with zero attached hydrogens (tertiary/aromatic N) is 3. The highest BCUT2D eigenvalue weighted by molar-refractivity contribution is 6.29. The number of carbonyl (C=O) groups excluding carboxylic acids is 1. The molecule has 1 aliphatic heterocycles. The van der Waals surface area contributed by atoms with Gasteiger partial charge in [0.25, 0.3) is 5.91 Å². The molecule has 2 aliphatic rings. The molecule has 0 bridgehead atoms. The molecule has 1 unspecified atom stereocenters. The van der Waals surface area contributed by atoms with Crippen molar-refractivity contribution in [2.45, 2.75) is 44.6 Å². The zero-order valence-corrected chi connectivity index (χ0v) is 11.6. The maximum Gasteiger partial charge on any atom is 0.274 e. The molecule has 5 heteroatoms. The predicted molar refractivity (Wildman–Crippen MR) is 73.1 cm³/mol. The average Bonchev–Trinajstić information content (AvgIpc) is 3.09. The number of halogens is 1. The lowest BCUT2D eigenvalue weighted by atomic mass is 9.96. The van der Waals surface area contributed by atoms with Crippen LogP contribution in [0, 0.1) is 5.92 Å². The number of amides is 1. The maximum atomic E-state index is 12.5. The molecule has 2 heterocycles. The van der Waals surface area contributed by atoms with Gasteiger partial charge in [0.2, 0.25) is 0 Å². The predicted octanol–water partition coefficient (Wildman–Crippen LogP) is 2.92. The van der Waals surface area contributed by atoms with E-state index in [1.165, 1.54) is 25.7 Å². The fourth-order valence-electron chi connectivity index (χ4n) is 3.45. The van der Waals surface area contributed by atoms with Crippen molar-refractivity contribution >= 4 is 17.5 Å². The molecule has 0 N–H and O–H groups in total. The minimum Gasteiger partial charge on any atom is -0.334 e. The van der Waals surface area contributed by atoms with Gasteiger partial charge in [-0.25, -0.2) is 0 Å². The molecule has 1 amide bonds. The van der Waals surface area contributed by atoms with Gasteiger partial charge >= 0.3 is 0 Å². The van der Waals surface area contributed by atoms with E-state index >= 15 is 0 Å². The van der Waals surface area contributed by atoms with Crippen LogP contribution in [0.15, 0.2) is 12.1 Å². The summed E-state index contributed by atoms with van der Waals surface area (Å²) in [4.78, 5) is 14.5. The van der Waals surface area contributed by atoms with Crippen LogP contribution in [0.1, 0.15) is 49.0 Å². The van der Waals surface area contributed by atoms with Crippen LogP contribution in [0.4, 0.5) is 0 Å². The van der Waals surface area contributed by atoms with Gasteiger partial charge in [0.05, 0.1) is 0 Å². The van der Waals surface area contributed by atoms with Crippen LogP contribution in [0.5, 0.6) is 0 Å². The summed E-state index contributed by atoms with van der Waals surface area (Å²) in [6.07, 6.45) is 7.39. The van der Waals surface area contributed by atoms with Crippen molar-refractivity contribution in [1.29, 1.82) is 0 Å². The van der Waals surface area contributed by atoms with Crippen LogP contribution in [-0.2, 0) is 0 Å². The van der Waals surface area contributed by atoms with Crippen molar-refractivity contribution in [3.05, 3.63) is 23.0 Å². The molecule has 102 valence electrons. The fourth-order valence-corrected chi connectivity index (χ4v) is 3.55. The van der Waals surface area contributed by atoms with Crippen LogP contribution < -0.4 is 0 Å². The van der Waals surface area contributed by atoms with Gasteiger partial charge in [0, 0.05) is 12.6 Å². The van der Waals surface area contributed by atoms with E-state index in [1.54, 1.807) is 12.1 Å². The Bertz CT molecular complexity index is 456. The molecule has 19 heavy (non-hydrogen) atoms. The minimum absolute atomic E-state index is 0.0126. The molecule has 3 rings (SSSR count). The first-order chi connectivity index (χ1) is 9.25. The molecule has 1 aromatic rings. The number of hydrogen-bond donors (Lipinski definition) is 0. The van der Waals surface area contributed by atoms with Crippen molar-refractivity contribution in [1.82, 2.24) is 15.1 Å². The third-order valence-electron chi connectivity index (χ3n) is 4.36. The number of aromatic nitrogens is 2. The van der Waals surface area contributed by atoms with Gasteiger partial charge in [0.1, 0.15) is 0 Å². The number of carbonyl (C=O) groups is 1. The van der Waals surface area contributed by atoms with Crippen LogP contribution in [0.3, 0.4) is 0 Å². The minimum atomic E-state index is 0.0126. The molecule has 1 aromatic heterocycles. The van der Waals surface area contributed by atoms with E-state index < -0.39 is 0 Å². The first-order valence-corrected chi connectivity index (χ1v) is 7.44. The Morgan fingerprint density at radius 3 is 2.63 bits per heavy atom. The molecule has 0 radical (unpaired) electrons. The summed E-state index contributed by atoms with van der Waals surface area (Å²) in [5.74, 6) is 0.699. The smallest absolute Gasteiger partial charge is 0.274 e. The van der Waals surface area contributed by atoms with Crippen LogP contribution in [-0.4, -0.2) is 33.6 Å². The number of rotatable bonds is 2. The lowest BCUT2D eigenvalue weighted by Gasteiger charge is -2.29. The van der Waals surface area contributed by atoms with E-state index in [1.807, 2.05) is 4.90 Å². The quantitative estimate of drug-likeness (QED) is 0.836. The van der Waals surface area contributed by atoms with Gasteiger partial charge < -0.3 is 4.90 Å². The molecule has 0 spiro atoms. The van der Waals surface area contributed by atoms with Gasteiger partial charge in [-0.15, -0.1) is 10.2 Å². The fraction of sp³-hybridized carbons (Fsp3) is 0.643. The Hall–Kier alpha value is -1.16. The highest BCUT2D eigenvalue weighted by Crippen LogP contribution is 2.35. The van der Waals surface area contributed by atoms with E-state index in [2.05, 4.69) is 10.2 Å². The van der Waals surface area contributed by atoms with E-state index in [0.717, 1.165) is 19.4 Å². The van der Waals surface area contributed by atoms with E-state index in [0.29, 0.717) is 22.8 Å². The Labute approximate surface area is 118 Å². The monoisotopic (exact) mass is 279 g/mol. The Morgan fingerprint density at radius 1 is 1.16 bits per heavy atom. The highest BCUT2D eigenvalue weighted by Gasteiger charge is 2.36. The van der Waals surface area contributed by atoms with Crippen molar-refractivity contribution in [3.63, 3.8) is 0 Å². The largest absolute Gasteiger partial charge is 0.334 e. The van der Waals surface area contributed by atoms with Crippen molar-refractivity contribution in [2.24, 2.45) is 5.92 Å². The van der Waals surface area contributed by atoms with Crippen LogP contribution >= 0.6 is 11.6 Å². The molecule has 1 saturated heterocycles. The molecule has 1 saturated carbocycles. The van der Waals surface area contributed by atoms with Crippen molar-refractivity contribution in [2.75, 3.05) is 6.54 Å². The lowest BCUT2D eigenvalue weighted by molar-refractivity contribution is 0.0682. The summed E-state index contributed by atoms with van der Waals surface area (Å²) in [6, 6.07) is 3.71. The Balaban J connectivity index is 1.76. The topological polar surface area (TPSA) is 46.1 Å². The van der Waals surface area contributed by atoms with Crippen LogP contribution in [0.2, 0.25) is 5.15 Å². The first kappa shape index (κ1) is 12.9. The van der Waals surface area contributed by atoms with E-state index in [4.69, 9.17) is 11.6 Å². The molecular weight excluding hydrogens is 262 g/mol. The third kappa shape index (κ3) is 2.59. The third-order valence-corrected chi connectivity index (χ3v) is 4.56.